The van der Waals surface area contributed by atoms with Crippen LogP contribution >= 0.6 is 0 Å². The standard InChI is InChI=1S/C17H21FN4O/c1-12(2)16-19-15(17(23)21-9-4-3-5-10-21)20-22(16)14-8-6-7-13(18)11-14/h6-8,11-12H,3-5,9-10H2,1-2H3. The fraction of sp³-hybridized carbons (Fsp3) is 0.471. The Kier molecular flexibility index (Phi) is 4.41. The van der Waals surface area contributed by atoms with Crippen LogP contribution in [0.4, 0.5) is 4.39 Å². The van der Waals surface area contributed by atoms with Gasteiger partial charge in [0.1, 0.15) is 11.6 Å². The van der Waals surface area contributed by atoms with Gasteiger partial charge in [-0.05, 0) is 37.5 Å². The van der Waals surface area contributed by atoms with Gasteiger partial charge in [0.15, 0.2) is 0 Å². The molecule has 1 aliphatic rings. The van der Waals surface area contributed by atoms with Crippen LogP contribution in [0, 0.1) is 5.82 Å². The van der Waals surface area contributed by atoms with E-state index in [4.69, 9.17) is 0 Å². The summed E-state index contributed by atoms with van der Waals surface area (Å²) < 4.78 is 15.1. The van der Waals surface area contributed by atoms with Crippen LogP contribution in [0.5, 0.6) is 0 Å². The Morgan fingerprint density at radius 1 is 1.22 bits per heavy atom. The number of hydrogen-bond acceptors (Lipinski definition) is 3. The topological polar surface area (TPSA) is 51.0 Å². The molecule has 5 nitrogen and oxygen atoms in total. The first kappa shape index (κ1) is 15.6. The van der Waals surface area contributed by atoms with Gasteiger partial charge in [0.2, 0.25) is 5.82 Å². The van der Waals surface area contributed by atoms with Gasteiger partial charge in [-0.2, -0.15) is 0 Å². The highest BCUT2D eigenvalue weighted by atomic mass is 19.1. The Hall–Kier alpha value is -2.24. The Labute approximate surface area is 135 Å². The van der Waals surface area contributed by atoms with E-state index in [1.807, 2.05) is 13.8 Å². The summed E-state index contributed by atoms with van der Waals surface area (Å²) in [5.41, 5.74) is 0.582. The Balaban J connectivity index is 1.97. The van der Waals surface area contributed by atoms with Crippen molar-refractivity contribution in [1.29, 1.82) is 0 Å². The molecule has 0 saturated carbocycles. The van der Waals surface area contributed by atoms with Crippen molar-refractivity contribution in [2.24, 2.45) is 0 Å². The molecule has 2 aromatic rings. The van der Waals surface area contributed by atoms with E-state index in [1.54, 1.807) is 21.7 Å². The normalized spacial score (nSPS) is 15.2. The first-order valence-electron chi connectivity index (χ1n) is 8.08. The van der Waals surface area contributed by atoms with Crippen molar-refractivity contribution in [3.05, 3.63) is 41.7 Å². The molecule has 0 N–H and O–H groups in total. The van der Waals surface area contributed by atoms with Gasteiger partial charge >= 0.3 is 0 Å². The molecule has 0 atom stereocenters. The highest BCUT2D eigenvalue weighted by Gasteiger charge is 2.24. The van der Waals surface area contributed by atoms with Crippen molar-refractivity contribution >= 4 is 5.91 Å². The number of amides is 1. The summed E-state index contributed by atoms with van der Waals surface area (Å²) in [5.74, 6) is 0.461. The SMILES string of the molecule is CC(C)c1nc(C(=O)N2CCCCC2)nn1-c1cccc(F)c1. The van der Waals surface area contributed by atoms with Crippen molar-refractivity contribution in [2.75, 3.05) is 13.1 Å². The molecule has 122 valence electrons. The number of likely N-dealkylation sites (tertiary alicyclic amines) is 1. The minimum absolute atomic E-state index is 0.0775. The van der Waals surface area contributed by atoms with Gasteiger partial charge in [-0.1, -0.05) is 19.9 Å². The fourth-order valence-electron chi connectivity index (χ4n) is 2.82. The highest BCUT2D eigenvalue weighted by molar-refractivity contribution is 5.90. The molecule has 0 bridgehead atoms. The zero-order valence-electron chi connectivity index (χ0n) is 13.5. The van der Waals surface area contributed by atoms with E-state index >= 15 is 0 Å². The van der Waals surface area contributed by atoms with E-state index in [0.29, 0.717) is 11.5 Å². The minimum Gasteiger partial charge on any atom is -0.336 e. The summed E-state index contributed by atoms with van der Waals surface area (Å²) in [4.78, 5) is 18.8. The Morgan fingerprint density at radius 2 is 1.96 bits per heavy atom. The lowest BCUT2D eigenvalue weighted by molar-refractivity contribution is 0.0712. The van der Waals surface area contributed by atoms with Crippen molar-refractivity contribution in [2.45, 2.75) is 39.0 Å². The third-order valence-electron chi connectivity index (χ3n) is 4.04. The number of carbonyl (C=O) groups excluding carboxylic acids is 1. The predicted molar refractivity (Wildman–Crippen MR) is 85.2 cm³/mol. The molecule has 0 spiro atoms. The molecule has 2 heterocycles. The van der Waals surface area contributed by atoms with Crippen LogP contribution in [0.25, 0.3) is 5.69 Å². The average molecular weight is 316 g/mol. The predicted octanol–water partition coefficient (Wildman–Crippen LogP) is 3.16. The van der Waals surface area contributed by atoms with E-state index in [1.165, 1.54) is 12.1 Å². The van der Waals surface area contributed by atoms with Gasteiger partial charge in [0.25, 0.3) is 5.91 Å². The number of rotatable bonds is 3. The van der Waals surface area contributed by atoms with E-state index in [-0.39, 0.29) is 23.5 Å². The summed E-state index contributed by atoms with van der Waals surface area (Å²) in [7, 11) is 0. The molecule has 1 amide bonds. The van der Waals surface area contributed by atoms with Crippen molar-refractivity contribution in [3.63, 3.8) is 0 Å². The van der Waals surface area contributed by atoms with Gasteiger partial charge in [0.05, 0.1) is 5.69 Å². The molecule has 1 aromatic heterocycles. The van der Waals surface area contributed by atoms with Gasteiger partial charge in [0, 0.05) is 19.0 Å². The minimum atomic E-state index is -0.336. The van der Waals surface area contributed by atoms with Crippen LogP contribution in [-0.2, 0) is 0 Å². The smallest absolute Gasteiger partial charge is 0.293 e. The number of nitrogens with zero attached hydrogens (tertiary/aromatic N) is 4. The molecule has 1 aliphatic heterocycles. The van der Waals surface area contributed by atoms with Crippen LogP contribution in [0.1, 0.15) is 55.5 Å². The number of halogens is 1. The van der Waals surface area contributed by atoms with E-state index in [2.05, 4.69) is 10.1 Å². The molecule has 1 fully saturated rings. The third kappa shape index (κ3) is 3.25. The second-order valence-electron chi connectivity index (χ2n) is 6.19. The van der Waals surface area contributed by atoms with Crippen LogP contribution in [0.2, 0.25) is 0 Å². The molecule has 0 aliphatic carbocycles. The van der Waals surface area contributed by atoms with Gasteiger partial charge in [-0.15, -0.1) is 5.10 Å². The average Bonchev–Trinajstić information content (AvgIpc) is 3.00. The number of hydrogen-bond donors (Lipinski definition) is 0. The second kappa shape index (κ2) is 6.48. The van der Waals surface area contributed by atoms with Gasteiger partial charge in [-0.3, -0.25) is 4.79 Å². The molecule has 1 aromatic carbocycles. The molecular weight excluding hydrogens is 295 g/mol. The zero-order valence-corrected chi connectivity index (χ0v) is 13.5. The van der Waals surface area contributed by atoms with Crippen molar-refractivity contribution in [1.82, 2.24) is 19.7 Å². The van der Waals surface area contributed by atoms with E-state index < -0.39 is 0 Å². The molecule has 1 saturated heterocycles. The summed E-state index contributed by atoms with van der Waals surface area (Å²) in [6, 6.07) is 6.17. The van der Waals surface area contributed by atoms with Gasteiger partial charge < -0.3 is 4.90 Å². The monoisotopic (exact) mass is 316 g/mol. The number of aromatic nitrogens is 3. The van der Waals surface area contributed by atoms with Crippen LogP contribution in [0.15, 0.2) is 24.3 Å². The van der Waals surface area contributed by atoms with Crippen LogP contribution in [0.3, 0.4) is 0 Å². The van der Waals surface area contributed by atoms with E-state index in [0.717, 1.165) is 32.4 Å². The lowest BCUT2D eigenvalue weighted by Gasteiger charge is -2.25. The highest BCUT2D eigenvalue weighted by Crippen LogP contribution is 2.19. The zero-order chi connectivity index (χ0) is 16.4. The lowest BCUT2D eigenvalue weighted by Crippen LogP contribution is -2.36. The lowest BCUT2D eigenvalue weighted by atomic mass is 10.1. The maximum Gasteiger partial charge on any atom is 0.293 e. The van der Waals surface area contributed by atoms with Gasteiger partial charge in [-0.25, -0.2) is 14.1 Å². The molecule has 0 radical (unpaired) electrons. The summed E-state index contributed by atoms with van der Waals surface area (Å²) >= 11 is 0. The fourth-order valence-corrected chi connectivity index (χ4v) is 2.82. The van der Waals surface area contributed by atoms with E-state index in [9.17, 15) is 9.18 Å². The van der Waals surface area contributed by atoms with Crippen molar-refractivity contribution < 1.29 is 9.18 Å². The Morgan fingerprint density at radius 3 is 2.61 bits per heavy atom. The largest absolute Gasteiger partial charge is 0.336 e. The first-order chi connectivity index (χ1) is 11.1. The quantitative estimate of drug-likeness (QED) is 0.874. The number of piperidine rings is 1. The summed E-state index contributed by atoms with van der Waals surface area (Å²) in [5, 5.41) is 4.37. The Bertz CT molecular complexity index is 704. The molecule has 0 unspecified atom stereocenters. The second-order valence-corrected chi connectivity index (χ2v) is 6.19. The molecule has 23 heavy (non-hydrogen) atoms. The number of carbonyl (C=O) groups is 1. The first-order valence-corrected chi connectivity index (χ1v) is 8.08. The summed E-state index contributed by atoms with van der Waals surface area (Å²) in [6.07, 6.45) is 3.20. The third-order valence-corrected chi connectivity index (χ3v) is 4.04. The molecule has 6 heteroatoms. The van der Waals surface area contributed by atoms with Crippen molar-refractivity contribution in [3.8, 4) is 5.69 Å². The maximum atomic E-state index is 13.5. The summed E-state index contributed by atoms with van der Waals surface area (Å²) in [6.45, 7) is 5.47. The molecular formula is C17H21FN4O. The number of benzene rings is 1. The molecule has 3 rings (SSSR count). The van der Waals surface area contributed by atoms with Crippen LogP contribution in [-0.4, -0.2) is 38.7 Å². The maximum absolute atomic E-state index is 13.5. The van der Waals surface area contributed by atoms with Crippen LogP contribution < -0.4 is 0 Å².